The van der Waals surface area contributed by atoms with Crippen molar-refractivity contribution in [3.63, 3.8) is 0 Å². The number of rotatable bonds is 7. The Balaban J connectivity index is 1.57. The summed E-state index contributed by atoms with van der Waals surface area (Å²) in [5.41, 5.74) is 1.05. The molecule has 0 bridgehead atoms. The molecule has 3 rings (SSSR count). The molecule has 0 saturated heterocycles. The molecular weight excluding hydrogens is 330 g/mol. The number of nitrogens with one attached hydrogen (secondary N) is 1. The lowest BCUT2D eigenvalue weighted by Gasteiger charge is -2.21. The molecule has 1 aliphatic carbocycles. The van der Waals surface area contributed by atoms with Gasteiger partial charge in [-0.1, -0.05) is 18.9 Å². The molecule has 2 aromatic rings. The molecule has 0 radical (unpaired) electrons. The molecule has 1 aliphatic rings. The van der Waals surface area contributed by atoms with Crippen molar-refractivity contribution in [3.05, 3.63) is 40.3 Å². The average Bonchev–Trinajstić information content (AvgIpc) is 3.38. The number of thiophene rings is 1. The minimum absolute atomic E-state index is 0.597. The fraction of sp³-hybridized carbons (Fsp3) is 0.579. The van der Waals surface area contributed by atoms with Gasteiger partial charge in [-0.15, -0.1) is 11.3 Å². The van der Waals surface area contributed by atoms with Gasteiger partial charge in [0.05, 0.1) is 18.3 Å². The molecule has 0 spiro atoms. The second kappa shape index (κ2) is 9.04. The maximum Gasteiger partial charge on any atom is 0.194 e. The molecule has 136 valence electrons. The van der Waals surface area contributed by atoms with Crippen LogP contribution in [-0.2, 0) is 13.0 Å². The minimum Gasteiger partial charge on any atom is -0.357 e. The zero-order valence-corrected chi connectivity index (χ0v) is 16.1. The van der Waals surface area contributed by atoms with Crippen molar-refractivity contribution in [2.24, 2.45) is 4.99 Å². The lowest BCUT2D eigenvalue weighted by molar-refractivity contribution is 0.462. The number of likely N-dealkylation sites (N-methyl/N-ethyl adjacent to an activating group) is 1. The molecule has 0 aromatic carbocycles. The zero-order chi connectivity index (χ0) is 17.5. The number of aliphatic imine (C=N–C) groups is 1. The second-order valence-corrected chi connectivity index (χ2v) is 7.68. The SMILES string of the molecule is CCNC(=NCc1ccn(C2CCCC2)n1)N(C)CCc1cccs1. The molecule has 0 aliphatic heterocycles. The van der Waals surface area contributed by atoms with Gasteiger partial charge in [0.1, 0.15) is 0 Å². The maximum absolute atomic E-state index is 4.78. The van der Waals surface area contributed by atoms with Gasteiger partial charge in [-0.05, 0) is 43.7 Å². The minimum atomic E-state index is 0.597. The van der Waals surface area contributed by atoms with E-state index in [-0.39, 0.29) is 0 Å². The van der Waals surface area contributed by atoms with E-state index in [9.17, 15) is 0 Å². The first-order valence-electron chi connectivity index (χ1n) is 9.32. The summed E-state index contributed by atoms with van der Waals surface area (Å²) in [7, 11) is 2.10. The van der Waals surface area contributed by atoms with Gasteiger partial charge in [-0.3, -0.25) is 4.68 Å². The van der Waals surface area contributed by atoms with E-state index in [1.807, 2.05) is 11.3 Å². The van der Waals surface area contributed by atoms with Crippen molar-refractivity contribution >= 4 is 17.3 Å². The van der Waals surface area contributed by atoms with E-state index in [1.54, 1.807) is 0 Å². The summed E-state index contributed by atoms with van der Waals surface area (Å²) in [5, 5.41) is 10.3. The Morgan fingerprint density at radius 2 is 2.24 bits per heavy atom. The van der Waals surface area contributed by atoms with Crippen LogP contribution in [-0.4, -0.2) is 40.8 Å². The van der Waals surface area contributed by atoms with Crippen LogP contribution in [0, 0.1) is 0 Å². The fourth-order valence-electron chi connectivity index (χ4n) is 3.30. The van der Waals surface area contributed by atoms with Gasteiger partial charge in [0.2, 0.25) is 0 Å². The van der Waals surface area contributed by atoms with Gasteiger partial charge in [0, 0.05) is 31.2 Å². The van der Waals surface area contributed by atoms with Crippen LogP contribution in [0.1, 0.15) is 49.2 Å². The molecule has 6 heteroatoms. The van der Waals surface area contributed by atoms with Gasteiger partial charge in [-0.25, -0.2) is 4.99 Å². The summed E-state index contributed by atoms with van der Waals surface area (Å²) in [4.78, 5) is 8.40. The van der Waals surface area contributed by atoms with Gasteiger partial charge < -0.3 is 10.2 Å². The average molecular weight is 360 g/mol. The highest BCUT2D eigenvalue weighted by atomic mass is 32.1. The van der Waals surface area contributed by atoms with Gasteiger partial charge in [-0.2, -0.15) is 5.10 Å². The Bertz CT molecular complexity index is 655. The summed E-state index contributed by atoms with van der Waals surface area (Å²) >= 11 is 1.82. The lowest BCUT2D eigenvalue weighted by Crippen LogP contribution is -2.39. The highest BCUT2D eigenvalue weighted by Crippen LogP contribution is 2.28. The smallest absolute Gasteiger partial charge is 0.194 e. The number of guanidine groups is 1. The Morgan fingerprint density at radius 3 is 2.96 bits per heavy atom. The first-order valence-corrected chi connectivity index (χ1v) is 10.2. The maximum atomic E-state index is 4.78. The van der Waals surface area contributed by atoms with E-state index in [2.05, 4.69) is 58.6 Å². The van der Waals surface area contributed by atoms with Crippen molar-refractivity contribution in [2.45, 2.75) is 51.6 Å². The van der Waals surface area contributed by atoms with E-state index in [4.69, 9.17) is 10.1 Å². The van der Waals surface area contributed by atoms with Gasteiger partial charge in [0.25, 0.3) is 0 Å². The lowest BCUT2D eigenvalue weighted by atomic mass is 10.3. The van der Waals surface area contributed by atoms with Crippen LogP contribution in [0.2, 0.25) is 0 Å². The standard InChI is InChI=1S/C19H29N5S/c1-3-20-19(23(2)12-11-18-9-6-14-25-18)21-15-16-10-13-24(22-16)17-7-4-5-8-17/h6,9-10,13-14,17H,3-5,7-8,11-12,15H2,1-2H3,(H,20,21). The summed E-state index contributed by atoms with van der Waals surface area (Å²) < 4.78 is 2.14. The van der Waals surface area contributed by atoms with Gasteiger partial charge in [0.15, 0.2) is 5.96 Å². The Kier molecular flexibility index (Phi) is 6.50. The third-order valence-corrected chi connectivity index (χ3v) is 5.66. The molecule has 1 fully saturated rings. The summed E-state index contributed by atoms with van der Waals surface area (Å²) in [6, 6.07) is 7.01. The number of nitrogens with zero attached hydrogens (tertiary/aromatic N) is 4. The molecule has 5 nitrogen and oxygen atoms in total. The van der Waals surface area contributed by atoms with E-state index >= 15 is 0 Å². The monoisotopic (exact) mass is 359 g/mol. The number of hydrogen-bond acceptors (Lipinski definition) is 3. The highest BCUT2D eigenvalue weighted by Gasteiger charge is 2.17. The van der Waals surface area contributed by atoms with Crippen LogP contribution in [0.4, 0.5) is 0 Å². The highest BCUT2D eigenvalue weighted by molar-refractivity contribution is 7.09. The molecular formula is C19H29N5S. The Hall–Kier alpha value is -1.82. The normalized spacial score (nSPS) is 15.7. The molecule has 0 unspecified atom stereocenters. The second-order valence-electron chi connectivity index (χ2n) is 6.65. The van der Waals surface area contributed by atoms with E-state index < -0.39 is 0 Å². The molecule has 1 N–H and O–H groups in total. The predicted molar refractivity (Wildman–Crippen MR) is 105 cm³/mol. The largest absolute Gasteiger partial charge is 0.357 e. The van der Waals surface area contributed by atoms with E-state index in [0.717, 1.165) is 31.2 Å². The number of hydrogen-bond donors (Lipinski definition) is 1. The zero-order valence-electron chi connectivity index (χ0n) is 15.3. The first-order chi connectivity index (χ1) is 12.3. The van der Waals surface area contributed by atoms with Crippen LogP contribution in [0.25, 0.3) is 0 Å². The molecule has 2 aromatic heterocycles. The van der Waals surface area contributed by atoms with Crippen LogP contribution in [0.3, 0.4) is 0 Å². The molecule has 25 heavy (non-hydrogen) atoms. The quantitative estimate of drug-likeness (QED) is 0.606. The summed E-state index contributed by atoms with van der Waals surface area (Å²) in [6.45, 7) is 4.57. The Morgan fingerprint density at radius 1 is 1.40 bits per heavy atom. The molecule has 0 atom stereocenters. The molecule has 2 heterocycles. The topological polar surface area (TPSA) is 45.5 Å². The van der Waals surface area contributed by atoms with Crippen LogP contribution >= 0.6 is 11.3 Å². The predicted octanol–water partition coefficient (Wildman–Crippen LogP) is 3.70. The van der Waals surface area contributed by atoms with Crippen molar-refractivity contribution < 1.29 is 0 Å². The van der Waals surface area contributed by atoms with Crippen LogP contribution < -0.4 is 5.32 Å². The van der Waals surface area contributed by atoms with Crippen LogP contribution in [0.15, 0.2) is 34.8 Å². The van der Waals surface area contributed by atoms with Crippen LogP contribution in [0.5, 0.6) is 0 Å². The fourth-order valence-corrected chi connectivity index (χ4v) is 4.00. The van der Waals surface area contributed by atoms with Crippen molar-refractivity contribution in [1.82, 2.24) is 20.0 Å². The Labute approximate surface area is 154 Å². The third-order valence-electron chi connectivity index (χ3n) is 4.72. The molecule has 1 saturated carbocycles. The van der Waals surface area contributed by atoms with Crippen molar-refractivity contribution in [2.75, 3.05) is 20.1 Å². The first kappa shape index (κ1) is 18.0. The summed E-state index contributed by atoms with van der Waals surface area (Å²) in [6.07, 6.45) is 8.36. The van der Waals surface area contributed by atoms with Crippen molar-refractivity contribution in [1.29, 1.82) is 0 Å². The summed E-state index contributed by atoms with van der Waals surface area (Å²) in [5.74, 6) is 0.953. The molecule has 0 amide bonds. The van der Waals surface area contributed by atoms with E-state index in [1.165, 1.54) is 30.6 Å². The van der Waals surface area contributed by atoms with Gasteiger partial charge >= 0.3 is 0 Å². The van der Waals surface area contributed by atoms with Crippen molar-refractivity contribution in [3.8, 4) is 0 Å². The third kappa shape index (κ3) is 5.08. The van der Waals surface area contributed by atoms with E-state index in [0.29, 0.717) is 12.6 Å². The number of aromatic nitrogens is 2.